The SMILES string of the molecule is CC(=N)N1C(=N)CN=C(c2ccc(Cl)cc2)c2c1sc(C)c2C.CC(=O)NCCCC(=O)O. The number of nitrogens with one attached hydrogen (secondary N) is 3. The lowest BCUT2D eigenvalue weighted by molar-refractivity contribution is -0.137. The number of nitrogens with zero attached hydrogens (tertiary/aromatic N) is 2. The molecule has 0 fully saturated rings. The van der Waals surface area contributed by atoms with Gasteiger partial charge in [0.05, 0.1) is 12.3 Å². The van der Waals surface area contributed by atoms with Gasteiger partial charge in [-0.2, -0.15) is 0 Å². The second-order valence-corrected chi connectivity index (χ2v) is 9.12. The van der Waals surface area contributed by atoms with Crippen molar-refractivity contribution in [2.75, 3.05) is 18.0 Å². The van der Waals surface area contributed by atoms with Crippen LogP contribution >= 0.6 is 22.9 Å². The molecule has 0 spiro atoms. The molecule has 0 aliphatic carbocycles. The molecule has 176 valence electrons. The molecule has 1 aliphatic rings. The summed E-state index contributed by atoms with van der Waals surface area (Å²) in [4.78, 5) is 27.7. The summed E-state index contributed by atoms with van der Waals surface area (Å²) in [5.41, 5.74) is 4.02. The number of rotatable bonds is 5. The third kappa shape index (κ3) is 6.97. The van der Waals surface area contributed by atoms with E-state index in [0.717, 1.165) is 27.4 Å². The minimum Gasteiger partial charge on any atom is -0.481 e. The Bertz CT molecular complexity index is 1080. The molecule has 0 saturated carbocycles. The smallest absolute Gasteiger partial charge is 0.303 e. The van der Waals surface area contributed by atoms with Crippen LogP contribution in [0.15, 0.2) is 29.3 Å². The molecule has 0 saturated heterocycles. The maximum Gasteiger partial charge on any atom is 0.303 e. The first-order valence-corrected chi connectivity index (χ1v) is 11.5. The Labute approximate surface area is 202 Å². The fourth-order valence-electron chi connectivity index (χ4n) is 3.17. The maximum atomic E-state index is 10.2. The number of carboxylic acids is 1. The molecule has 3 rings (SSSR count). The summed E-state index contributed by atoms with van der Waals surface area (Å²) in [6, 6.07) is 7.61. The molecular formula is C23H28ClN5O3S. The Morgan fingerprint density at radius 1 is 1.24 bits per heavy atom. The number of aliphatic imine (C=N–C) groups is 1. The van der Waals surface area contributed by atoms with Gasteiger partial charge in [-0.05, 0) is 44.9 Å². The molecule has 1 aliphatic heterocycles. The van der Waals surface area contributed by atoms with E-state index in [1.54, 1.807) is 23.2 Å². The maximum absolute atomic E-state index is 10.2. The average Bonchev–Trinajstić information content (AvgIpc) is 2.92. The Morgan fingerprint density at radius 3 is 2.42 bits per heavy atom. The summed E-state index contributed by atoms with van der Waals surface area (Å²) in [6.45, 7) is 7.95. The van der Waals surface area contributed by atoms with Gasteiger partial charge >= 0.3 is 5.97 Å². The van der Waals surface area contributed by atoms with Crippen molar-refractivity contribution in [3.8, 4) is 0 Å². The standard InChI is InChI=1S/C17H17ClN4S.C6H11NO3/c1-9-10(2)23-17-15(9)16(12-4-6-13(18)7-5-12)21-8-14(20)22(17)11(3)19;1-5(8)7-4-2-3-6(9)10/h4-7,19-20H,8H2,1-3H3;2-4H2,1H3,(H,7,8)(H,9,10). The van der Waals surface area contributed by atoms with Crippen LogP contribution < -0.4 is 10.2 Å². The number of hydrogen-bond acceptors (Lipinski definition) is 6. The Kier molecular flexibility index (Phi) is 9.31. The lowest BCUT2D eigenvalue weighted by Gasteiger charge is -2.21. The summed E-state index contributed by atoms with van der Waals surface area (Å²) < 4.78 is 0. The second-order valence-electron chi connectivity index (χ2n) is 7.48. The van der Waals surface area contributed by atoms with Crippen molar-refractivity contribution in [3.05, 3.63) is 50.9 Å². The third-order valence-electron chi connectivity index (χ3n) is 4.86. The summed E-state index contributed by atoms with van der Waals surface area (Å²) in [5, 5.41) is 28.6. The third-order valence-corrected chi connectivity index (χ3v) is 6.30. The zero-order valence-electron chi connectivity index (χ0n) is 19.1. The highest BCUT2D eigenvalue weighted by Gasteiger charge is 2.28. The topological polar surface area (TPSA) is 130 Å². The molecule has 0 bridgehead atoms. The molecule has 4 N–H and O–H groups in total. The minimum absolute atomic E-state index is 0.111. The van der Waals surface area contributed by atoms with Gasteiger partial charge in [0.1, 0.15) is 16.7 Å². The van der Waals surface area contributed by atoms with Gasteiger partial charge in [-0.3, -0.25) is 30.3 Å². The number of anilines is 1. The number of benzene rings is 1. The molecule has 0 radical (unpaired) electrons. The fraction of sp³-hybridized carbons (Fsp3) is 0.348. The van der Waals surface area contributed by atoms with E-state index < -0.39 is 5.97 Å². The van der Waals surface area contributed by atoms with Crippen LogP contribution in [0.4, 0.5) is 5.00 Å². The van der Waals surface area contributed by atoms with Gasteiger partial charge in [-0.25, -0.2) is 0 Å². The Hall–Kier alpha value is -3.04. The molecule has 0 unspecified atom stereocenters. The summed E-state index contributed by atoms with van der Waals surface area (Å²) >= 11 is 7.61. The van der Waals surface area contributed by atoms with Crippen molar-refractivity contribution in [1.29, 1.82) is 10.8 Å². The van der Waals surface area contributed by atoms with Crippen LogP contribution in [0, 0.1) is 24.7 Å². The number of fused-ring (bicyclic) bond motifs is 1. The molecule has 33 heavy (non-hydrogen) atoms. The number of carbonyl (C=O) groups excluding carboxylic acids is 1. The molecule has 1 aromatic carbocycles. The predicted molar refractivity (Wildman–Crippen MR) is 135 cm³/mol. The van der Waals surface area contributed by atoms with E-state index >= 15 is 0 Å². The Balaban J connectivity index is 0.000000328. The van der Waals surface area contributed by atoms with Gasteiger partial charge in [0.25, 0.3) is 0 Å². The van der Waals surface area contributed by atoms with Crippen molar-refractivity contribution < 1.29 is 14.7 Å². The summed E-state index contributed by atoms with van der Waals surface area (Å²) in [7, 11) is 0. The number of amides is 1. The molecule has 1 amide bonds. The predicted octanol–water partition coefficient (Wildman–Crippen LogP) is 4.64. The molecule has 8 nitrogen and oxygen atoms in total. The van der Waals surface area contributed by atoms with Crippen molar-refractivity contribution in [2.45, 2.75) is 40.5 Å². The first-order chi connectivity index (χ1) is 15.5. The molecule has 2 aromatic rings. The van der Waals surface area contributed by atoms with Gasteiger partial charge in [-0.1, -0.05) is 23.7 Å². The summed E-state index contributed by atoms with van der Waals surface area (Å²) in [5.74, 6) is -0.287. The van der Waals surface area contributed by atoms with Gasteiger partial charge < -0.3 is 10.4 Å². The second kappa shape index (κ2) is 11.7. The number of carbonyl (C=O) groups is 2. The van der Waals surface area contributed by atoms with Crippen LogP contribution in [-0.4, -0.2) is 47.5 Å². The van der Waals surface area contributed by atoms with E-state index in [1.165, 1.54) is 11.8 Å². The minimum atomic E-state index is -0.828. The van der Waals surface area contributed by atoms with E-state index in [4.69, 9.17) is 27.5 Å². The number of hydrogen-bond donors (Lipinski definition) is 4. The van der Waals surface area contributed by atoms with Gasteiger partial charge in [0.2, 0.25) is 5.91 Å². The van der Waals surface area contributed by atoms with Gasteiger partial charge in [0.15, 0.2) is 0 Å². The highest BCUT2D eigenvalue weighted by atomic mass is 35.5. The number of aryl methyl sites for hydroxylation is 1. The zero-order chi connectivity index (χ0) is 24.7. The van der Waals surface area contributed by atoms with Crippen molar-refractivity contribution in [3.63, 3.8) is 0 Å². The van der Waals surface area contributed by atoms with Crippen molar-refractivity contribution >= 4 is 57.2 Å². The summed E-state index contributed by atoms with van der Waals surface area (Å²) in [6.07, 6.45) is 0.606. The van der Waals surface area contributed by atoms with Crippen LogP contribution in [-0.2, 0) is 9.59 Å². The lowest BCUT2D eigenvalue weighted by Crippen LogP contribution is -2.35. The number of thiophene rings is 1. The average molecular weight is 490 g/mol. The van der Waals surface area contributed by atoms with Gasteiger partial charge in [0, 0.05) is 40.9 Å². The van der Waals surface area contributed by atoms with E-state index in [9.17, 15) is 9.59 Å². The monoisotopic (exact) mass is 489 g/mol. The lowest BCUT2D eigenvalue weighted by atomic mass is 10.00. The Morgan fingerprint density at radius 2 is 1.88 bits per heavy atom. The van der Waals surface area contributed by atoms with E-state index in [1.807, 2.05) is 24.3 Å². The van der Waals surface area contributed by atoms with Crippen LogP contribution in [0.3, 0.4) is 0 Å². The molecule has 0 atom stereocenters. The molecule has 1 aromatic heterocycles. The van der Waals surface area contributed by atoms with Crippen LogP contribution in [0.2, 0.25) is 5.02 Å². The molecule has 10 heteroatoms. The zero-order valence-corrected chi connectivity index (χ0v) is 20.7. The highest BCUT2D eigenvalue weighted by Crippen LogP contribution is 2.39. The van der Waals surface area contributed by atoms with Crippen LogP contribution in [0.1, 0.15) is 48.3 Å². The number of halogens is 1. The fourth-order valence-corrected chi connectivity index (χ4v) is 4.54. The first-order valence-electron chi connectivity index (χ1n) is 10.3. The molecular weight excluding hydrogens is 462 g/mol. The van der Waals surface area contributed by atoms with E-state index in [0.29, 0.717) is 29.7 Å². The van der Waals surface area contributed by atoms with Crippen molar-refractivity contribution in [1.82, 2.24) is 5.32 Å². The van der Waals surface area contributed by atoms with Crippen LogP contribution in [0.5, 0.6) is 0 Å². The number of carboxylic acid groups (broad SMARTS) is 1. The van der Waals surface area contributed by atoms with E-state index in [2.05, 4.69) is 24.2 Å². The van der Waals surface area contributed by atoms with Crippen LogP contribution in [0.25, 0.3) is 0 Å². The number of amidine groups is 2. The number of aliphatic carboxylic acids is 1. The quantitative estimate of drug-likeness (QED) is 0.277. The first kappa shape index (κ1) is 26.2. The highest BCUT2D eigenvalue weighted by molar-refractivity contribution is 7.17. The molecule has 2 heterocycles. The normalized spacial score (nSPS) is 12.7. The largest absolute Gasteiger partial charge is 0.481 e. The van der Waals surface area contributed by atoms with Crippen molar-refractivity contribution in [2.24, 2.45) is 4.99 Å². The van der Waals surface area contributed by atoms with E-state index in [-0.39, 0.29) is 18.9 Å². The van der Waals surface area contributed by atoms with Gasteiger partial charge in [-0.15, -0.1) is 11.3 Å².